The molecule has 160 valence electrons. The van der Waals surface area contributed by atoms with Crippen molar-refractivity contribution in [3.05, 3.63) is 47.6 Å². The van der Waals surface area contributed by atoms with Crippen LogP contribution in [-0.2, 0) is 13.0 Å². The van der Waals surface area contributed by atoms with Crippen LogP contribution < -0.4 is 10.6 Å². The van der Waals surface area contributed by atoms with Crippen molar-refractivity contribution in [2.45, 2.75) is 58.5 Å². The molecule has 1 atom stereocenters. The Kier molecular flexibility index (Phi) is 9.64. The second-order valence-electron chi connectivity index (χ2n) is 7.77. The van der Waals surface area contributed by atoms with Gasteiger partial charge in [-0.1, -0.05) is 49.3 Å². The SMILES string of the molecule is CN=C(NCCCc1nc(C(C)C)no1)NCCC(C)N(C)Cc1ccccc1. The maximum atomic E-state index is 5.28. The topological polar surface area (TPSA) is 78.6 Å². The van der Waals surface area contributed by atoms with Gasteiger partial charge in [0, 0.05) is 45.1 Å². The van der Waals surface area contributed by atoms with Gasteiger partial charge in [0.1, 0.15) is 0 Å². The van der Waals surface area contributed by atoms with Crippen LogP contribution in [0.3, 0.4) is 0 Å². The molecule has 0 radical (unpaired) electrons. The molecule has 1 unspecified atom stereocenters. The van der Waals surface area contributed by atoms with E-state index >= 15 is 0 Å². The van der Waals surface area contributed by atoms with Crippen molar-refractivity contribution in [2.24, 2.45) is 4.99 Å². The lowest BCUT2D eigenvalue weighted by atomic mass is 10.1. The number of nitrogens with one attached hydrogen (secondary N) is 2. The molecular formula is C22H36N6O. The summed E-state index contributed by atoms with van der Waals surface area (Å²) in [6, 6.07) is 11.1. The van der Waals surface area contributed by atoms with Gasteiger partial charge in [0.2, 0.25) is 5.89 Å². The standard InChI is InChI=1S/C22H36N6O/c1-17(2)21-26-20(29-27-21)12-9-14-24-22(23-4)25-15-13-18(3)28(5)16-19-10-7-6-8-11-19/h6-8,10-11,17-18H,9,12-16H2,1-5H3,(H2,23,24,25). The number of nitrogens with zero attached hydrogens (tertiary/aromatic N) is 4. The van der Waals surface area contributed by atoms with Crippen LogP contribution >= 0.6 is 0 Å². The maximum absolute atomic E-state index is 5.28. The third kappa shape index (κ3) is 8.23. The first-order valence-electron chi connectivity index (χ1n) is 10.5. The molecule has 2 N–H and O–H groups in total. The predicted molar refractivity (Wildman–Crippen MR) is 118 cm³/mol. The van der Waals surface area contributed by atoms with Crippen LogP contribution in [0, 0.1) is 0 Å². The molecule has 7 nitrogen and oxygen atoms in total. The molecule has 1 aromatic heterocycles. The largest absolute Gasteiger partial charge is 0.356 e. The molecule has 0 fully saturated rings. The van der Waals surface area contributed by atoms with Crippen LogP contribution in [0.4, 0.5) is 0 Å². The minimum absolute atomic E-state index is 0.294. The Bertz CT molecular complexity index is 728. The van der Waals surface area contributed by atoms with Crippen LogP contribution in [-0.4, -0.2) is 54.2 Å². The zero-order valence-corrected chi connectivity index (χ0v) is 18.5. The Morgan fingerprint density at radius 1 is 1.14 bits per heavy atom. The van der Waals surface area contributed by atoms with Gasteiger partial charge in [-0.3, -0.25) is 9.89 Å². The summed E-state index contributed by atoms with van der Waals surface area (Å²) >= 11 is 0. The molecule has 0 aliphatic rings. The first-order valence-corrected chi connectivity index (χ1v) is 10.5. The summed E-state index contributed by atoms with van der Waals surface area (Å²) in [4.78, 5) is 11.1. The monoisotopic (exact) mass is 400 g/mol. The lowest BCUT2D eigenvalue weighted by Crippen LogP contribution is -2.40. The van der Waals surface area contributed by atoms with Gasteiger partial charge in [-0.05, 0) is 32.4 Å². The number of aryl methyl sites for hydroxylation is 1. The lowest BCUT2D eigenvalue weighted by molar-refractivity contribution is 0.238. The van der Waals surface area contributed by atoms with Crippen LogP contribution in [0.1, 0.15) is 56.8 Å². The number of aromatic nitrogens is 2. The summed E-state index contributed by atoms with van der Waals surface area (Å²) < 4.78 is 5.28. The first kappa shape index (κ1) is 22.9. The molecule has 1 aromatic carbocycles. The van der Waals surface area contributed by atoms with E-state index in [9.17, 15) is 0 Å². The van der Waals surface area contributed by atoms with E-state index in [-0.39, 0.29) is 0 Å². The Morgan fingerprint density at radius 2 is 1.86 bits per heavy atom. The number of hydrogen-bond donors (Lipinski definition) is 2. The van der Waals surface area contributed by atoms with Crippen molar-refractivity contribution < 1.29 is 4.52 Å². The Labute approximate surface area is 175 Å². The van der Waals surface area contributed by atoms with E-state index < -0.39 is 0 Å². The molecule has 2 rings (SSSR count). The summed E-state index contributed by atoms with van der Waals surface area (Å²) in [7, 11) is 3.97. The third-order valence-corrected chi connectivity index (χ3v) is 4.97. The van der Waals surface area contributed by atoms with Crippen LogP contribution in [0.5, 0.6) is 0 Å². The molecule has 0 spiro atoms. The van der Waals surface area contributed by atoms with Crippen molar-refractivity contribution in [1.82, 2.24) is 25.7 Å². The molecule has 1 heterocycles. The van der Waals surface area contributed by atoms with Crippen LogP contribution in [0.25, 0.3) is 0 Å². The minimum Gasteiger partial charge on any atom is -0.356 e. The van der Waals surface area contributed by atoms with Crippen molar-refractivity contribution in [3.63, 3.8) is 0 Å². The molecule has 0 saturated carbocycles. The number of benzene rings is 1. The second kappa shape index (κ2) is 12.2. The van der Waals surface area contributed by atoms with Gasteiger partial charge in [-0.15, -0.1) is 0 Å². The normalized spacial score (nSPS) is 13.1. The van der Waals surface area contributed by atoms with E-state index in [1.165, 1.54) is 5.56 Å². The Balaban J connectivity index is 1.61. The molecule has 0 amide bonds. The number of aliphatic imine (C=N–C) groups is 1. The summed E-state index contributed by atoms with van der Waals surface area (Å²) in [6.07, 6.45) is 2.73. The maximum Gasteiger partial charge on any atom is 0.226 e. The molecule has 7 heteroatoms. The van der Waals surface area contributed by atoms with Crippen molar-refractivity contribution in [3.8, 4) is 0 Å². The molecule has 2 aromatic rings. The van der Waals surface area contributed by atoms with Gasteiger partial charge in [0.05, 0.1) is 0 Å². The highest BCUT2D eigenvalue weighted by atomic mass is 16.5. The van der Waals surface area contributed by atoms with E-state index in [1.807, 2.05) is 0 Å². The summed E-state index contributed by atoms with van der Waals surface area (Å²) in [5.74, 6) is 2.60. The summed E-state index contributed by atoms with van der Waals surface area (Å²) in [5, 5.41) is 10.7. The molecule has 0 saturated heterocycles. The smallest absolute Gasteiger partial charge is 0.226 e. The Hall–Kier alpha value is -2.41. The third-order valence-electron chi connectivity index (χ3n) is 4.97. The van der Waals surface area contributed by atoms with Crippen molar-refractivity contribution in [1.29, 1.82) is 0 Å². The van der Waals surface area contributed by atoms with Gasteiger partial charge in [0.15, 0.2) is 11.8 Å². The van der Waals surface area contributed by atoms with Gasteiger partial charge >= 0.3 is 0 Å². The zero-order valence-electron chi connectivity index (χ0n) is 18.5. The van der Waals surface area contributed by atoms with Crippen LogP contribution in [0.2, 0.25) is 0 Å². The highest BCUT2D eigenvalue weighted by molar-refractivity contribution is 5.79. The molecule has 0 bridgehead atoms. The van der Waals surface area contributed by atoms with Gasteiger partial charge in [-0.25, -0.2) is 0 Å². The fraction of sp³-hybridized carbons (Fsp3) is 0.591. The van der Waals surface area contributed by atoms with Crippen molar-refractivity contribution >= 4 is 5.96 Å². The molecule has 29 heavy (non-hydrogen) atoms. The highest BCUT2D eigenvalue weighted by Crippen LogP contribution is 2.10. The fourth-order valence-electron chi connectivity index (χ4n) is 2.92. The van der Waals surface area contributed by atoms with E-state index in [0.29, 0.717) is 17.9 Å². The van der Waals surface area contributed by atoms with E-state index in [0.717, 1.165) is 50.7 Å². The average molecular weight is 401 g/mol. The highest BCUT2D eigenvalue weighted by Gasteiger charge is 2.11. The predicted octanol–water partition coefficient (Wildman–Crippen LogP) is 3.20. The quantitative estimate of drug-likeness (QED) is 0.343. The number of rotatable bonds is 11. The summed E-state index contributed by atoms with van der Waals surface area (Å²) in [5.41, 5.74) is 1.34. The lowest BCUT2D eigenvalue weighted by Gasteiger charge is -2.25. The fourth-order valence-corrected chi connectivity index (χ4v) is 2.92. The van der Waals surface area contributed by atoms with Gasteiger partial charge in [-0.2, -0.15) is 4.98 Å². The number of guanidine groups is 1. The van der Waals surface area contributed by atoms with Crippen LogP contribution in [0.15, 0.2) is 39.8 Å². The van der Waals surface area contributed by atoms with Crippen molar-refractivity contribution in [2.75, 3.05) is 27.2 Å². The van der Waals surface area contributed by atoms with Gasteiger partial charge in [0.25, 0.3) is 0 Å². The second-order valence-corrected chi connectivity index (χ2v) is 7.77. The summed E-state index contributed by atoms with van der Waals surface area (Å²) in [6.45, 7) is 9.03. The van der Waals surface area contributed by atoms with Gasteiger partial charge < -0.3 is 15.2 Å². The van der Waals surface area contributed by atoms with E-state index in [1.54, 1.807) is 7.05 Å². The zero-order chi connectivity index (χ0) is 21.1. The molecule has 0 aliphatic heterocycles. The molecule has 0 aliphatic carbocycles. The molecular weight excluding hydrogens is 364 g/mol. The van der Waals surface area contributed by atoms with E-state index in [4.69, 9.17) is 4.52 Å². The average Bonchev–Trinajstić information content (AvgIpc) is 3.19. The first-order chi connectivity index (χ1) is 14.0. The van der Waals surface area contributed by atoms with E-state index in [2.05, 4.69) is 88.8 Å². The Morgan fingerprint density at radius 3 is 2.52 bits per heavy atom. The minimum atomic E-state index is 0.294. The number of hydrogen-bond acceptors (Lipinski definition) is 5.